The Balaban J connectivity index is 2.28. The number of carbonyl (C=O) groups excluding carboxylic acids is 1. The van der Waals surface area contributed by atoms with Crippen LogP contribution in [-0.2, 0) is 14.3 Å². The second kappa shape index (κ2) is 7.68. The van der Waals surface area contributed by atoms with Crippen molar-refractivity contribution in [2.45, 2.75) is 19.3 Å². The fourth-order valence-corrected chi connectivity index (χ4v) is 1.26. The van der Waals surface area contributed by atoms with Crippen molar-refractivity contribution in [3.8, 4) is 0 Å². The van der Waals surface area contributed by atoms with Gasteiger partial charge in [0.05, 0.1) is 6.61 Å². The molecular formula is C14H18O5. The molecule has 5 nitrogen and oxygen atoms in total. The molecule has 0 saturated heterocycles. The van der Waals surface area contributed by atoms with Gasteiger partial charge in [0.15, 0.2) is 6.29 Å². The third kappa shape index (κ3) is 5.65. The lowest BCUT2D eigenvalue weighted by Crippen LogP contribution is -2.25. The first kappa shape index (κ1) is 15.4. The van der Waals surface area contributed by atoms with Gasteiger partial charge in [0.2, 0.25) is 0 Å². The van der Waals surface area contributed by atoms with E-state index >= 15 is 0 Å². The summed E-state index contributed by atoms with van der Waals surface area (Å²) >= 11 is 0. The quantitative estimate of drug-likeness (QED) is 0.440. The molecule has 1 aromatic carbocycles. The SMILES string of the molecule is C=C(C)C(=O)OCC(O)COC(O)c1ccccc1. The first-order chi connectivity index (χ1) is 9.00. The maximum Gasteiger partial charge on any atom is 0.333 e. The zero-order valence-electron chi connectivity index (χ0n) is 10.8. The molecule has 0 spiro atoms. The number of carbonyl (C=O) groups is 1. The molecule has 0 radical (unpaired) electrons. The van der Waals surface area contributed by atoms with Crippen molar-refractivity contribution in [1.82, 2.24) is 0 Å². The molecule has 0 aliphatic heterocycles. The molecular weight excluding hydrogens is 248 g/mol. The van der Waals surface area contributed by atoms with Crippen LogP contribution in [0.15, 0.2) is 42.5 Å². The molecule has 0 amide bonds. The van der Waals surface area contributed by atoms with Crippen LogP contribution in [0.3, 0.4) is 0 Å². The Kier molecular flexibility index (Phi) is 6.21. The van der Waals surface area contributed by atoms with E-state index in [1.807, 2.05) is 6.07 Å². The lowest BCUT2D eigenvalue weighted by molar-refractivity contribution is -0.150. The normalized spacial score (nSPS) is 13.6. The zero-order chi connectivity index (χ0) is 14.3. The molecule has 1 rings (SSSR count). The summed E-state index contributed by atoms with van der Waals surface area (Å²) in [4.78, 5) is 11.1. The minimum Gasteiger partial charge on any atom is -0.460 e. The summed E-state index contributed by atoms with van der Waals surface area (Å²) in [6.07, 6.45) is -2.12. The summed E-state index contributed by atoms with van der Waals surface area (Å²) in [5.41, 5.74) is 0.853. The Morgan fingerprint density at radius 1 is 1.26 bits per heavy atom. The predicted molar refractivity (Wildman–Crippen MR) is 69.1 cm³/mol. The standard InChI is InChI=1S/C14H18O5/c1-10(2)13(16)18-8-12(15)9-19-14(17)11-6-4-3-5-7-11/h3-7,12,14-15,17H,1,8-9H2,2H3. The van der Waals surface area contributed by atoms with E-state index in [0.29, 0.717) is 5.56 Å². The molecule has 104 valence electrons. The predicted octanol–water partition coefficient (Wildman–Crippen LogP) is 1.17. The number of hydrogen-bond donors (Lipinski definition) is 2. The number of hydrogen-bond acceptors (Lipinski definition) is 5. The maximum absolute atomic E-state index is 11.1. The van der Waals surface area contributed by atoms with Gasteiger partial charge in [-0.3, -0.25) is 0 Å². The van der Waals surface area contributed by atoms with Crippen molar-refractivity contribution < 1.29 is 24.5 Å². The van der Waals surface area contributed by atoms with E-state index in [1.54, 1.807) is 24.3 Å². The van der Waals surface area contributed by atoms with Crippen molar-refractivity contribution in [3.05, 3.63) is 48.0 Å². The number of rotatable bonds is 7. The van der Waals surface area contributed by atoms with E-state index in [4.69, 9.17) is 9.47 Å². The van der Waals surface area contributed by atoms with Gasteiger partial charge in [0, 0.05) is 11.1 Å². The van der Waals surface area contributed by atoms with Crippen molar-refractivity contribution in [3.63, 3.8) is 0 Å². The number of esters is 1. The third-order valence-corrected chi connectivity index (χ3v) is 2.29. The summed E-state index contributed by atoms with van der Waals surface area (Å²) in [6, 6.07) is 8.78. The molecule has 0 heterocycles. The van der Waals surface area contributed by atoms with E-state index in [1.165, 1.54) is 6.92 Å². The van der Waals surface area contributed by atoms with Crippen LogP contribution in [0, 0.1) is 0 Å². The van der Waals surface area contributed by atoms with Crippen molar-refractivity contribution in [1.29, 1.82) is 0 Å². The number of aliphatic hydroxyl groups is 2. The third-order valence-electron chi connectivity index (χ3n) is 2.29. The van der Waals surface area contributed by atoms with Gasteiger partial charge < -0.3 is 19.7 Å². The van der Waals surface area contributed by atoms with Crippen molar-refractivity contribution in [2.24, 2.45) is 0 Å². The highest BCUT2D eigenvalue weighted by molar-refractivity contribution is 5.86. The van der Waals surface area contributed by atoms with E-state index in [-0.39, 0.29) is 18.8 Å². The minimum absolute atomic E-state index is 0.139. The van der Waals surface area contributed by atoms with E-state index < -0.39 is 18.4 Å². The summed E-state index contributed by atoms with van der Waals surface area (Å²) in [6.45, 7) is 4.60. The molecule has 5 heteroatoms. The summed E-state index contributed by atoms with van der Waals surface area (Å²) in [5.74, 6) is -0.567. The molecule has 2 unspecified atom stereocenters. The monoisotopic (exact) mass is 266 g/mol. The van der Waals surface area contributed by atoms with Crippen LogP contribution >= 0.6 is 0 Å². The topological polar surface area (TPSA) is 76.0 Å². The largest absolute Gasteiger partial charge is 0.460 e. The lowest BCUT2D eigenvalue weighted by Gasteiger charge is -2.15. The Bertz CT molecular complexity index is 415. The summed E-state index contributed by atoms with van der Waals surface area (Å²) < 4.78 is 9.83. The van der Waals surface area contributed by atoms with Crippen LogP contribution in [0.2, 0.25) is 0 Å². The average molecular weight is 266 g/mol. The number of benzene rings is 1. The fourth-order valence-electron chi connectivity index (χ4n) is 1.26. The second-order valence-corrected chi connectivity index (χ2v) is 4.13. The highest BCUT2D eigenvalue weighted by Gasteiger charge is 2.13. The molecule has 1 aromatic rings. The van der Waals surface area contributed by atoms with Gasteiger partial charge in [-0.1, -0.05) is 36.9 Å². The summed E-state index contributed by atoms with van der Waals surface area (Å²) in [7, 11) is 0. The molecule has 0 aromatic heterocycles. The molecule has 0 bridgehead atoms. The minimum atomic E-state index is -1.12. The maximum atomic E-state index is 11.1. The lowest BCUT2D eigenvalue weighted by atomic mass is 10.2. The number of ether oxygens (including phenoxy) is 2. The highest BCUT2D eigenvalue weighted by atomic mass is 16.6. The van der Waals surface area contributed by atoms with Crippen LogP contribution < -0.4 is 0 Å². The van der Waals surface area contributed by atoms with Crippen molar-refractivity contribution >= 4 is 5.97 Å². The molecule has 0 saturated carbocycles. The van der Waals surface area contributed by atoms with Crippen LogP contribution in [-0.4, -0.2) is 35.5 Å². The smallest absolute Gasteiger partial charge is 0.333 e. The molecule has 19 heavy (non-hydrogen) atoms. The Hall–Kier alpha value is -1.69. The Morgan fingerprint density at radius 2 is 1.89 bits per heavy atom. The van der Waals surface area contributed by atoms with E-state index in [9.17, 15) is 15.0 Å². The highest BCUT2D eigenvalue weighted by Crippen LogP contribution is 2.13. The van der Waals surface area contributed by atoms with Gasteiger partial charge in [0.1, 0.15) is 12.7 Å². The van der Waals surface area contributed by atoms with Gasteiger partial charge >= 0.3 is 5.97 Å². The summed E-state index contributed by atoms with van der Waals surface area (Å²) in [5, 5.41) is 19.2. The second-order valence-electron chi connectivity index (χ2n) is 4.13. The molecule has 2 atom stereocenters. The van der Waals surface area contributed by atoms with Crippen LogP contribution in [0.1, 0.15) is 18.8 Å². The Labute approximate surface area is 112 Å². The molecule has 2 N–H and O–H groups in total. The zero-order valence-corrected chi connectivity index (χ0v) is 10.8. The Morgan fingerprint density at radius 3 is 2.47 bits per heavy atom. The van der Waals surface area contributed by atoms with Gasteiger partial charge in [-0.15, -0.1) is 0 Å². The average Bonchev–Trinajstić information content (AvgIpc) is 2.42. The number of aliphatic hydroxyl groups excluding tert-OH is 2. The fraction of sp³-hybridized carbons (Fsp3) is 0.357. The van der Waals surface area contributed by atoms with E-state index in [2.05, 4.69) is 6.58 Å². The van der Waals surface area contributed by atoms with Crippen LogP contribution in [0.4, 0.5) is 0 Å². The molecule has 0 aliphatic rings. The first-order valence-corrected chi connectivity index (χ1v) is 5.86. The van der Waals surface area contributed by atoms with Crippen LogP contribution in [0.25, 0.3) is 0 Å². The van der Waals surface area contributed by atoms with Crippen molar-refractivity contribution in [2.75, 3.05) is 13.2 Å². The van der Waals surface area contributed by atoms with Crippen LogP contribution in [0.5, 0.6) is 0 Å². The molecule has 0 aliphatic carbocycles. The van der Waals surface area contributed by atoms with Gasteiger partial charge in [-0.05, 0) is 6.92 Å². The van der Waals surface area contributed by atoms with Gasteiger partial charge in [-0.25, -0.2) is 4.79 Å². The van der Waals surface area contributed by atoms with Gasteiger partial charge in [0.25, 0.3) is 0 Å². The molecule has 0 fully saturated rings. The van der Waals surface area contributed by atoms with Gasteiger partial charge in [-0.2, -0.15) is 0 Å². The first-order valence-electron chi connectivity index (χ1n) is 5.86. The van der Waals surface area contributed by atoms with E-state index in [0.717, 1.165) is 0 Å².